The molecule has 0 aromatic heterocycles. The molecule has 22 heavy (non-hydrogen) atoms. The summed E-state index contributed by atoms with van der Waals surface area (Å²) in [6, 6.07) is 12.2. The number of hydrogen-bond donors (Lipinski definition) is 2. The van der Waals surface area contributed by atoms with Gasteiger partial charge in [0, 0.05) is 0 Å². The quantitative estimate of drug-likeness (QED) is 0.645. The van der Waals surface area contributed by atoms with Crippen molar-refractivity contribution in [3.8, 4) is 11.5 Å². The van der Waals surface area contributed by atoms with E-state index in [1.165, 1.54) is 43.3 Å². The van der Waals surface area contributed by atoms with Crippen molar-refractivity contribution in [2.75, 3.05) is 0 Å². The summed E-state index contributed by atoms with van der Waals surface area (Å²) in [6.07, 6.45) is 0. The number of ether oxygens (including phenoxy) is 1. The number of nitrogens with one attached hydrogen (secondary N) is 1. The summed E-state index contributed by atoms with van der Waals surface area (Å²) >= 11 is 0. The molecule has 1 unspecified atom stereocenters. The number of rotatable bonds is 5. The summed E-state index contributed by atoms with van der Waals surface area (Å²) in [5.41, 5.74) is 0. The average Bonchev–Trinajstić information content (AvgIpc) is 2.50. The average molecular weight is 321 g/mol. The van der Waals surface area contributed by atoms with E-state index in [0.29, 0.717) is 0 Å². The molecule has 0 amide bonds. The van der Waals surface area contributed by atoms with E-state index >= 15 is 0 Å². The van der Waals surface area contributed by atoms with Crippen LogP contribution in [0.25, 0.3) is 0 Å². The summed E-state index contributed by atoms with van der Waals surface area (Å²) in [5.74, 6) is -0.489. The van der Waals surface area contributed by atoms with Crippen LogP contribution in [0.15, 0.2) is 59.5 Å². The predicted molar refractivity (Wildman–Crippen MR) is 80.0 cm³/mol. The lowest BCUT2D eigenvalue weighted by Gasteiger charge is -2.13. The van der Waals surface area contributed by atoms with Crippen LogP contribution < -0.4 is 9.46 Å². The molecule has 2 rings (SSSR count). The molecule has 6 nitrogen and oxygen atoms in total. The van der Waals surface area contributed by atoms with Gasteiger partial charge >= 0.3 is 5.97 Å². The van der Waals surface area contributed by atoms with Gasteiger partial charge in [-0.1, -0.05) is 18.2 Å². The van der Waals surface area contributed by atoms with Gasteiger partial charge in [0.05, 0.1) is 4.90 Å². The number of phenolic OH excluding ortho intramolecular Hbond substituents is 1. The van der Waals surface area contributed by atoms with Crippen LogP contribution >= 0.6 is 0 Å². The van der Waals surface area contributed by atoms with Crippen LogP contribution in [0.4, 0.5) is 0 Å². The Bertz CT molecular complexity index is 741. The first-order valence-corrected chi connectivity index (χ1v) is 7.95. The molecule has 0 radical (unpaired) electrons. The van der Waals surface area contributed by atoms with Gasteiger partial charge in [-0.3, -0.25) is 0 Å². The molecule has 1 atom stereocenters. The predicted octanol–water partition coefficient (Wildman–Crippen LogP) is 1.66. The van der Waals surface area contributed by atoms with Gasteiger partial charge in [0.1, 0.15) is 17.5 Å². The van der Waals surface area contributed by atoms with Crippen molar-refractivity contribution in [2.24, 2.45) is 0 Å². The van der Waals surface area contributed by atoms with Gasteiger partial charge in [0.25, 0.3) is 0 Å². The highest BCUT2D eigenvalue weighted by molar-refractivity contribution is 7.89. The fraction of sp³-hybridized carbons (Fsp3) is 0.133. The second kappa shape index (κ2) is 6.59. The Morgan fingerprint density at radius 2 is 1.68 bits per heavy atom. The molecule has 0 saturated carbocycles. The Balaban J connectivity index is 2.04. The summed E-state index contributed by atoms with van der Waals surface area (Å²) in [7, 11) is -3.79. The first-order chi connectivity index (χ1) is 10.4. The number of aromatic hydroxyl groups is 1. The first-order valence-electron chi connectivity index (χ1n) is 6.46. The van der Waals surface area contributed by atoms with Gasteiger partial charge in [0.15, 0.2) is 0 Å². The van der Waals surface area contributed by atoms with E-state index in [2.05, 4.69) is 4.72 Å². The van der Waals surface area contributed by atoms with E-state index in [4.69, 9.17) is 9.84 Å². The largest absolute Gasteiger partial charge is 0.508 e. The molecule has 2 N–H and O–H groups in total. The standard InChI is InChI=1S/C15H15NO5S/c1-11(15(18)21-13-9-7-12(17)8-10-13)16-22(19,20)14-5-3-2-4-6-14/h2-11,16-17H,1H3. The molecule has 0 heterocycles. The van der Waals surface area contributed by atoms with E-state index in [1.807, 2.05) is 0 Å². The van der Waals surface area contributed by atoms with Crippen molar-refractivity contribution in [1.29, 1.82) is 0 Å². The van der Waals surface area contributed by atoms with Gasteiger partial charge in [0.2, 0.25) is 10.0 Å². The molecule has 0 aliphatic heterocycles. The van der Waals surface area contributed by atoms with E-state index in [0.717, 1.165) is 0 Å². The van der Waals surface area contributed by atoms with Crippen LogP contribution in [0.2, 0.25) is 0 Å². The highest BCUT2D eigenvalue weighted by atomic mass is 32.2. The maximum atomic E-state index is 12.1. The molecule has 0 aliphatic carbocycles. The maximum absolute atomic E-state index is 12.1. The summed E-state index contributed by atoms with van der Waals surface area (Å²) in [5, 5.41) is 9.15. The number of benzene rings is 2. The molecule has 0 bridgehead atoms. The topological polar surface area (TPSA) is 92.7 Å². The van der Waals surface area contributed by atoms with Crippen LogP contribution in [0.3, 0.4) is 0 Å². The monoisotopic (exact) mass is 321 g/mol. The summed E-state index contributed by atoms with van der Waals surface area (Å²) in [4.78, 5) is 12.0. The zero-order chi connectivity index (χ0) is 16.2. The lowest BCUT2D eigenvalue weighted by molar-refractivity contribution is -0.135. The Hall–Kier alpha value is -2.38. The van der Waals surface area contributed by atoms with Crippen LogP contribution in [-0.4, -0.2) is 25.5 Å². The van der Waals surface area contributed by atoms with Crippen LogP contribution in [0.5, 0.6) is 11.5 Å². The fourth-order valence-electron chi connectivity index (χ4n) is 1.67. The highest BCUT2D eigenvalue weighted by Crippen LogP contribution is 2.16. The summed E-state index contributed by atoms with van der Waals surface area (Å²) < 4.78 is 31.5. The Morgan fingerprint density at radius 1 is 1.09 bits per heavy atom. The number of carbonyl (C=O) groups excluding carboxylic acids is 1. The Labute approximate surface area is 128 Å². The zero-order valence-corrected chi connectivity index (χ0v) is 12.6. The third-order valence-electron chi connectivity index (χ3n) is 2.79. The van der Waals surface area contributed by atoms with Crippen molar-refractivity contribution < 1.29 is 23.1 Å². The lowest BCUT2D eigenvalue weighted by Crippen LogP contribution is -2.40. The van der Waals surface area contributed by atoms with Gasteiger partial charge in [-0.25, -0.2) is 13.2 Å². The zero-order valence-electron chi connectivity index (χ0n) is 11.8. The van der Waals surface area contributed by atoms with Gasteiger partial charge in [-0.2, -0.15) is 4.72 Å². The molecule has 7 heteroatoms. The molecule has 0 aliphatic rings. The highest BCUT2D eigenvalue weighted by Gasteiger charge is 2.23. The molecule has 2 aromatic carbocycles. The summed E-state index contributed by atoms with van der Waals surface area (Å²) in [6.45, 7) is 1.39. The molecular weight excluding hydrogens is 306 g/mol. The SMILES string of the molecule is CC(NS(=O)(=O)c1ccccc1)C(=O)Oc1ccc(O)cc1. The minimum atomic E-state index is -3.79. The molecule has 0 fully saturated rings. The third-order valence-corrected chi connectivity index (χ3v) is 4.35. The molecule has 0 spiro atoms. The minimum absolute atomic E-state index is 0.0395. The normalized spacial score (nSPS) is 12.6. The van der Waals surface area contributed by atoms with Crippen molar-refractivity contribution in [2.45, 2.75) is 17.9 Å². The maximum Gasteiger partial charge on any atom is 0.329 e. The van der Waals surface area contributed by atoms with Crippen molar-refractivity contribution in [1.82, 2.24) is 4.72 Å². The second-order valence-electron chi connectivity index (χ2n) is 4.57. The van der Waals surface area contributed by atoms with Crippen LogP contribution in [0, 0.1) is 0 Å². The number of carbonyl (C=O) groups is 1. The first kappa shape index (κ1) is 16.0. The Morgan fingerprint density at radius 3 is 2.27 bits per heavy atom. The van der Waals surface area contributed by atoms with Crippen molar-refractivity contribution in [3.05, 3.63) is 54.6 Å². The molecule has 2 aromatic rings. The second-order valence-corrected chi connectivity index (χ2v) is 6.29. The minimum Gasteiger partial charge on any atom is -0.508 e. The third kappa shape index (κ3) is 4.06. The smallest absolute Gasteiger partial charge is 0.329 e. The van der Waals surface area contributed by atoms with Crippen LogP contribution in [-0.2, 0) is 14.8 Å². The lowest BCUT2D eigenvalue weighted by atomic mass is 10.3. The van der Waals surface area contributed by atoms with E-state index in [9.17, 15) is 13.2 Å². The number of phenols is 1. The molecular formula is C15H15NO5S. The van der Waals surface area contributed by atoms with Gasteiger partial charge in [-0.05, 0) is 43.3 Å². The van der Waals surface area contributed by atoms with E-state index in [-0.39, 0.29) is 16.4 Å². The van der Waals surface area contributed by atoms with Gasteiger partial charge in [-0.15, -0.1) is 0 Å². The fourth-order valence-corrected chi connectivity index (χ4v) is 2.88. The number of hydrogen-bond acceptors (Lipinski definition) is 5. The number of sulfonamides is 1. The van der Waals surface area contributed by atoms with E-state index < -0.39 is 22.0 Å². The number of esters is 1. The van der Waals surface area contributed by atoms with Crippen molar-refractivity contribution >= 4 is 16.0 Å². The Kier molecular flexibility index (Phi) is 4.79. The van der Waals surface area contributed by atoms with Crippen LogP contribution in [0.1, 0.15) is 6.92 Å². The molecule has 0 saturated heterocycles. The molecule has 116 valence electrons. The van der Waals surface area contributed by atoms with E-state index in [1.54, 1.807) is 18.2 Å². The van der Waals surface area contributed by atoms with Gasteiger partial charge < -0.3 is 9.84 Å². The van der Waals surface area contributed by atoms with Crippen molar-refractivity contribution in [3.63, 3.8) is 0 Å².